The van der Waals surface area contributed by atoms with Crippen LogP contribution >= 0.6 is 34.8 Å². The Labute approximate surface area is 285 Å². The molecule has 9 nitrogen and oxygen atoms in total. The highest BCUT2D eigenvalue weighted by atomic mass is 35.6. The lowest BCUT2D eigenvalue weighted by atomic mass is 9.89. The largest absolute Gasteiger partial charge is 0.461 e. The number of halogens is 3. The number of rotatable bonds is 11. The van der Waals surface area contributed by atoms with Crippen molar-refractivity contribution < 1.29 is 29.0 Å². The van der Waals surface area contributed by atoms with Gasteiger partial charge in [-0.05, 0) is 80.5 Å². The summed E-state index contributed by atoms with van der Waals surface area (Å²) in [7, 11) is 0. The molecule has 2 aromatic carbocycles. The molecule has 0 aromatic heterocycles. The van der Waals surface area contributed by atoms with Gasteiger partial charge in [0.2, 0.25) is 21.5 Å². The smallest absolute Gasteiger partial charge is 0.310 e. The van der Waals surface area contributed by atoms with Gasteiger partial charge < -0.3 is 25.4 Å². The van der Waals surface area contributed by atoms with Gasteiger partial charge in [-0.3, -0.25) is 19.2 Å². The molecular weight excluding hydrogens is 653 g/mol. The second kappa shape index (κ2) is 15.8. The third-order valence-corrected chi connectivity index (χ3v) is 8.39. The van der Waals surface area contributed by atoms with Gasteiger partial charge in [0.15, 0.2) is 0 Å². The normalized spacial score (nSPS) is 17.9. The maximum absolute atomic E-state index is 13.4. The molecule has 3 N–H and O–H groups in total. The van der Waals surface area contributed by atoms with Crippen LogP contribution in [0.4, 0.5) is 0 Å². The Morgan fingerprint density at radius 2 is 1.70 bits per heavy atom. The lowest BCUT2D eigenvalue weighted by Crippen LogP contribution is -2.57. The first-order valence-corrected chi connectivity index (χ1v) is 16.6. The summed E-state index contributed by atoms with van der Waals surface area (Å²) in [4.78, 5) is 54.0. The van der Waals surface area contributed by atoms with Gasteiger partial charge in [0.1, 0.15) is 18.7 Å². The van der Waals surface area contributed by atoms with Crippen LogP contribution in [0.5, 0.6) is 0 Å². The standard InChI is InChI=1S/C34H44Cl3N3O6/c1-20(2)28(29(42)38-21(3)30(43)40-15-7-8-26(18-40)31(44)46-19-34(35,36)37)39-32(45)33(5,6)14-13-23-9-10-24-11-12-25(22(4)41)17-27(24)16-23/h9-14,16-17,20-22,26,28,41H,7-8,15,18-19H2,1-6H3,(H,38,42)(H,39,45)/b14-13+/t21-,22+,26+,28-/m0/s1. The van der Waals surface area contributed by atoms with Gasteiger partial charge in [0.05, 0.1) is 17.4 Å². The number of hydrogen-bond donors (Lipinski definition) is 3. The molecule has 1 heterocycles. The van der Waals surface area contributed by atoms with Crippen molar-refractivity contribution in [3.63, 3.8) is 0 Å². The Hall–Kier alpha value is -2.85. The van der Waals surface area contributed by atoms with Crippen molar-refractivity contribution in [1.82, 2.24) is 15.5 Å². The van der Waals surface area contributed by atoms with Crippen molar-refractivity contribution >= 4 is 75.3 Å². The summed E-state index contributed by atoms with van der Waals surface area (Å²) in [5.41, 5.74) is 0.750. The number of esters is 1. The predicted molar refractivity (Wildman–Crippen MR) is 182 cm³/mol. The van der Waals surface area contributed by atoms with Crippen molar-refractivity contribution in [3.8, 4) is 0 Å². The number of ether oxygens (including phenoxy) is 1. The van der Waals surface area contributed by atoms with Gasteiger partial charge in [-0.1, -0.05) is 85.1 Å². The van der Waals surface area contributed by atoms with Crippen molar-refractivity contribution in [2.75, 3.05) is 19.7 Å². The number of carbonyl (C=O) groups excluding carboxylic acids is 4. The average molecular weight is 697 g/mol. The number of likely N-dealkylation sites (tertiary alicyclic amines) is 1. The number of piperidine rings is 1. The zero-order valence-electron chi connectivity index (χ0n) is 27.1. The number of aliphatic hydroxyl groups is 1. The van der Waals surface area contributed by atoms with Crippen LogP contribution in [0.15, 0.2) is 42.5 Å². The Kier molecular flexibility index (Phi) is 12.9. The second-order valence-corrected chi connectivity index (χ2v) is 15.4. The van der Waals surface area contributed by atoms with Gasteiger partial charge in [-0.15, -0.1) is 0 Å². The molecule has 12 heteroatoms. The first-order chi connectivity index (χ1) is 21.4. The van der Waals surface area contributed by atoms with E-state index < -0.39 is 51.8 Å². The molecule has 46 heavy (non-hydrogen) atoms. The molecule has 0 aliphatic carbocycles. The third kappa shape index (κ3) is 10.6. The van der Waals surface area contributed by atoms with E-state index in [-0.39, 0.29) is 24.3 Å². The lowest BCUT2D eigenvalue weighted by molar-refractivity contribution is -0.152. The molecule has 1 aliphatic rings. The van der Waals surface area contributed by atoms with E-state index in [1.165, 1.54) is 4.90 Å². The highest BCUT2D eigenvalue weighted by Crippen LogP contribution is 2.28. The van der Waals surface area contributed by atoms with Crippen molar-refractivity contribution in [2.24, 2.45) is 17.3 Å². The first-order valence-electron chi connectivity index (χ1n) is 15.4. The summed E-state index contributed by atoms with van der Waals surface area (Å²) < 4.78 is 3.37. The molecule has 3 rings (SSSR count). The van der Waals surface area contributed by atoms with Crippen LogP contribution < -0.4 is 10.6 Å². The van der Waals surface area contributed by atoms with E-state index >= 15 is 0 Å². The van der Waals surface area contributed by atoms with Crippen LogP contribution in [-0.4, -0.2) is 69.3 Å². The number of nitrogens with zero attached hydrogens (tertiary/aromatic N) is 1. The predicted octanol–water partition coefficient (Wildman–Crippen LogP) is 5.73. The van der Waals surface area contributed by atoms with Gasteiger partial charge in [-0.25, -0.2) is 0 Å². The SMILES string of the molecule is CC(C)[C@H](NC(=O)C(C)(C)/C=C/c1ccc2ccc([C@@H](C)O)cc2c1)C(=O)N[C@@H](C)C(=O)N1CCC[C@@H](C(=O)OCC(Cl)(Cl)Cl)C1. The molecule has 0 spiro atoms. The Morgan fingerprint density at radius 1 is 1.02 bits per heavy atom. The summed E-state index contributed by atoms with van der Waals surface area (Å²) in [5, 5.41) is 17.6. The van der Waals surface area contributed by atoms with Gasteiger partial charge in [-0.2, -0.15) is 0 Å². The van der Waals surface area contributed by atoms with Crippen LogP contribution in [0.25, 0.3) is 16.8 Å². The van der Waals surface area contributed by atoms with E-state index in [4.69, 9.17) is 39.5 Å². The number of nitrogens with one attached hydrogen (secondary N) is 2. The molecule has 1 fully saturated rings. The van der Waals surface area contributed by atoms with Crippen LogP contribution in [0.1, 0.15) is 71.6 Å². The number of carbonyl (C=O) groups is 4. The molecule has 1 saturated heterocycles. The molecule has 0 unspecified atom stereocenters. The topological polar surface area (TPSA) is 125 Å². The van der Waals surface area contributed by atoms with Crippen molar-refractivity contribution in [3.05, 3.63) is 53.6 Å². The fourth-order valence-corrected chi connectivity index (χ4v) is 5.33. The van der Waals surface area contributed by atoms with Gasteiger partial charge in [0.25, 0.3) is 0 Å². The van der Waals surface area contributed by atoms with Gasteiger partial charge >= 0.3 is 5.97 Å². The second-order valence-electron chi connectivity index (χ2n) is 12.9. The lowest BCUT2D eigenvalue weighted by Gasteiger charge is -2.34. The third-order valence-electron chi connectivity index (χ3n) is 8.06. The molecule has 2 aromatic rings. The molecule has 0 saturated carbocycles. The number of aliphatic hydroxyl groups excluding tert-OH is 1. The summed E-state index contributed by atoms with van der Waals surface area (Å²) in [6, 6.07) is 9.95. The van der Waals surface area contributed by atoms with E-state index in [9.17, 15) is 24.3 Å². The fourth-order valence-electron chi connectivity index (χ4n) is 5.17. The number of amides is 3. The highest BCUT2D eigenvalue weighted by molar-refractivity contribution is 6.67. The molecule has 1 aliphatic heterocycles. The van der Waals surface area contributed by atoms with E-state index in [1.807, 2.05) is 56.3 Å². The maximum atomic E-state index is 13.4. The zero-order valence-corrected chi connectivity index (χ0v) is 29.4. The Bertz CT molecular complexity index is 1450. The highest BCUT2D eigenvalue weighted by Gasteiger charge is 2.35. The van der Waals surface area contributed by atoms with E-state index in [0.29, 0.717) is 19.4 Å². The molecule has 0 radical (unpaired) electrons. The number of hydrogen-bond acceptors (Lipinski definition) is 6. The van der Waals surface area contributed by atoms with Crippen LogP contribution in [0, 0.1) is 17.3 Å². The molecule has 0 bridgehead atoms. The van der Waals surface area contributed by atoms with E-state index in [0.717, 1.165) is 21.9 Å². The molecular formula is C34H44Cl3N3O6. The minimum atomic E-state index is -1.73. The number of fused-ring (bicyclic) bond motifs is 1. The Morgan fingerprint density at radius 3 is 2.33 bits per heavy atom. The summed E-state index contributed by atoms with van der Waals surface area (Å²) in [6.07, 6.45) is 4.18. The van der Waals surface area contributed by atoms with Crippen molar-refractivity contribution in [1.29, 1.82) is 0 Å². The van der Waals surface area contributed by atoms with Crippen LogP contribution in [0.2, 0.25) is 0 Å². The summed E-state index contributed by atoms with van der Waals surface area (Å²) in [5.74, 6) is -2.56. The minimum Gasteiger partial charge on any atom is -0.461 e. The molecule has 3 amide bonds. The number of benzene rings is 2. The summed E-state index contributed by atoms with van der Waals surface area (Å²) in [6.45, 7) is 10.6. The average Bonchev–Trinajstić information content (AvgIpc) is 2.99. The van der Waals surface area contributed by atoms with Crippen LogP contribution in [0.3, 0.4) is 0 Å². The minimum absolute atomic E-state index is 0.127. The monoisotopic (exact) mass is 695 g/mol. The fraction of sp³-hybridized carbons (Fsp3) is 0.529. The molecule has 252 valence electrons. The maximum Gasteiger partial charge on any atom is 0.310 e. The number of alkyl halides is 3. The Balaban J connectivity index is 1.62. The van der Waals surface area contributed by atoms with Gasteiger partial charge in [0, 0.05) is 13.1 Å². The van der Waals surface area contributed by atoms with Crippen molar-refractivity contribution in [2.45, 2.75) is 76.4 Å². The van der Waals surface area contributed by atoms with E-state index in [2.05, 4.69) is 10.6 Å². The van der Waals surface area contributed by atoms with Crippen LogP contribution in [-0.2, 0) is 23.9 Å². The quantitative estimate of drug-likeness (QED) is 0.204. The molecule has 4 atom stereocenters. The van der Waals surface area contributed by atoms with E-state index in [1.54, 1.807) is 33.8 Å². The summed E-state index contributed by atoms with van der Waals surface area (Å²) >= 11 is 17.0. The zero-order chi connectivity index (χ0) is 34.4. The first kappa shape index (κ1) is 37.6.